The van der Waals surface area contributed by atoms with E-state index in [4.69, 9.17) is 14.7 Å². The van der Waals surface area contributed by atoms with Crippen LogP contribution in [0.2, 0.25) is 0 Å². The van der Waals surface area contributed by atoms with Crippen LogP contribution in [0.15, 0.2) is 12.1 Å². The summed E-state index contributed by atoms with van der Waals surface area (Å²) in [6.07, 6.45) is 0.992. The van der Waals surface area contributed by atoms with Crippen LogP contribution in [0.5, 0.6) is 5.88 Å². The molecule has 1 aromatic rings. The lowest BCUT2D eigenvalue weighted by Gasteiger charge is -2.07. The predicted octanol–water partition coefficient (Wildman–Crippen LogP) is 2.07. The zero-order valence-electron chi connectivity index (χ0n) is 9.69. The number of aryl methyl sites for hydroxylation is 1. The molecule has 0 N–H and O–H groups in total. The SMILES string of the molecule is CCCOCCOc1nc(C)ccc1C#N. The molecule has 0 aromatic carbocycles. The fourth-order valence-electron chi connectivity index (χ4n) is 1.17. The summed E-state index contributed by atoms with van der Waals surface area (Å²) in [5.74, 6) is 0.391. The second-order valence-corrected chi connectivity index (χ2v) is 3.38. The minimum Gasteiger partial charge on any atom is -0.474 e. The smallest absolute Gasteiger partial charge is 0.231 e. The van der Waals surface area contributed by atoms with Gasteiger partial charge in [-0.25, -0.2) is 4.98 Å². The van der Waals surface area contributed by atoms with E-state index < -0.39 is 0 Å². The maximum Gasteiger partial charge on any atom is 0.231 e. The molecule has 0 spiro atoms. The average Bonchev–Trinajstić information content (AvgIpc) is 2.29. The molecule has 1 rings (SSSR count). The molecule has 0 atom stereocenters. The van der Waals surface area contributed by atoms with Crippen LogP contribution < -0.4 is 4.74 Å². The number of rotatable bonds is 6. The van der Waals surface area contributed by atoms with Gasteiger partial charge >= 0.3 is 0 Å². The number of pyridine rings is 1. The van der Waals surface area contributed by atoms with Crippen molar-refractivity contribution in [2.75, 3.05) is 19.8 Å². The van der Waals surface area contributed by atoms with Crippen LogP contribution in [-0.2, 0) is 4.74 Å². The van der Waals surface area contributed by atoms with Gasteiger partial charge in [-0.05, 0) is 25.5 Å². The van der Waals surface area contributed by atoms with Gasteiger partial charge in [-0.2, -0.15) is 5.26 Å². The zero-order valence-corrected chi connectivity index (χ0v) is 9.69. The van der Waals surface area contributed by atoms with Gasteiger partial charge in [-0.3, -0.25) is 0 Å². The lowest BCUT2D eigenvalue weighted by atomic mass is 10.2. The third-order valence-electron chi connectivity index (χ3n) is 1.93. The van der Waals surface area contributed by atoms with Crippen LogP contribution in [0.4, 0.5) is 0 Å². The van der Waals surface area contributed by atoms with Crippen LogP contribution in [0.3, 0.4) is 0 Å². The summed E-state index contributed by atoms with van der Waals surface area (Å²) in [6, 6.07) is 5.55. The Morgan fingerprint density at radius 1 is 1.31 bits per heavy atom. The molecule has 0 saturated carbocycles. The highest BCUT2D eigenvalue weighted by Gasteiger charge is 2.04. The van der Waals surface area contributed by atoms with Crippen molar-refractivity contribution in [2.45, 2.75) is 20.3 Å². The van der Waals surface area contributed by atoms with Gasteiger partial charge in [-0.15, -0.1) is 0 Å². The fourth-order valence-corrected chi connectivity index (χ4v) is 1.17. The van der Waals surface area contributed by atoms with E-state index in [9.17, 15) is 0 Å². The number of hydrogen-bond acceptors (Lipinski definition) is 4. The number of ether oxygens (including phenoxy) is 2. The van der Waals surface area contributed by atoms with E-state index in [1.165, 1.54) is 0 Å². The van der Waals surface area contributed by atoms with Crippen molar-refractivity contribution in [3.8, 4) is 11.9 Å². The maximum absolute atomic E-state index is 8.85. The Hall–Kier alpha value is -1.60. The molecule has 1 aromatic heterocycles. The van der Waals surface area contributed by atoms with Crippen molar-refractivity contribution >= 4 is 0 Å². The lowest BCUT2D eigenvalue weighted by Crippen LogP contribution is -2.09. The third kappa shape index (κ3) is 3.87. The molecule has 0 amide bonds. The Morgan fingerprint density at radius 3 is 2.81 bits per heavy atom. The molecule has 0 aliphatic carbocycles. The molecular formula is C12H16N2O2. The second kappa shape index (κ2) is 6.81. The Labute approximate surface area is 95.8 Å². The Balaban J connectivity index is 2.46. The Morgan fingerprint density at radius 2 is 2.12 bits per heavy atom. The van der Waals surface area contributed by atoms with E-state index >= 15 is 0 Å². The summed E-state index contributed by atoms with van der Waals surface area (Å²) < 4.78 is 10.7. The van der Waals surface area contributed by atoms with Crippen LogP contribution in [0.25, 0.3) is 0 Å². The van der Waals surface area contributed by atoms with Gasteiger partial charge < -0.3 is 9.47 Å². The topological polar surface area (TPSA) is 55.1 Å². The monoisotopic (exact) mass is 220 g/mol. The summed E-state index contributed by atoms with van der Waals surface area (Å²) in [6.45, 7) is 5.59. The van der Waals surface area contributed by atoms with Gasteiger partial charge in [0, 0.05) is 12.3 Å². The molecule has 4 nitrogen and oxygen atoms in total. The van der Waals surface area contributed by atoms with Crippen LogP contribution in [0, 0.1) is 18.3 Å². The van der Waals surface area contributed by atoms with E-state index in [2.05, 4.69) is 11.9 Å². The van der Waals surface area contributed by atoms with Crippen molar-refractivity contribution in [1.29, 1.82) is 5.26 Å². The van der Waals surface area contributed by atoms with Crippen molar-refractivity contribution in [1.82, 2.24) is 4.98 Å². The third-order valence-corrected chi connectivity index (χ3v) is 1.93. The van der Waals surface area contributed by atoms with Gasteiger partial charge in [-0.1, -0.05) is 6.92 Å². The maximum atomic E-state index is 8.85. The Bertz CT molecular complexity index is 372. The number of hydrogen-bond donors (Lipinski definition) is 0. The normalized spacial score (nSPS) is 9.81. The van der Waals surface area contributed by atoms with Gasteiger partial charge in [0.05, 0.1) is 6.61 Å². The van der Waals surface area contributed by atoms with Crippen molar-refractivity contribution < 1.29 is 9.47 Å². The summed E-state index contributed by atoms with van der Waals surface area (Å²) >= 11 is 0. The molecule has 0 fully saturated rings. The minimum atomic E-state index is 0.391. The highest BCUT2D eigenvalue weighted by atomic mass is 16.5. The van der Waals surface area contributed by atoms with E-state index in [1.54, 1.807) is 12.1 Å². The lowest BCUT2D eigenvalue weighted by molar-refractivity contribution is 0.0988. The number of nitrogens with zero attached hydrogens (tertiary/aromatic N) is 2. The van der Waals surface area contributed by atoms with Crippen LogP contribution in [-0.4, -0.2) is 24.8 Å². The molecule has 0 radical (unpaired) electrons. The number of nitriles is 1. The average molecular weight is 220 g/mol. The van der Waals surface area contributed by atoms with Gasteiger partial charge in [0.15, 0.2) is 0 Å². The van der Waals surface area contributed by atoms with E-state index in [-0.39, 0.29) is 0 Å². The molecule has 0 unspecified atom stereocenters. The molecule has 16 heavy (non-hydrogen) atoms. The van der Waals surface area contributed by atoms with Gasteiger partial charge in [0.1, 0.15) is 18.2 Å². The molecule has 0 saturated heterocycles. The molecular weight excluding hydrogens is 204 g/mol. The summed E-state index contributed by atoms with van der Waals surface area (Å²) in [7, 11) is 0. The standard InChI is InChI=1S/C12H16N2O2/c1-3-6-15-7-8-16-12-11(9-13)5-4-10(2)14-12/h4-5H,3,6-8H2,1-2H3. The van der Waals surface area contributed by atoms with E-state index in [0.29, 0.717) is 24.7 Å². The molecule has 0 aliphatic rings. The molecule has 4 heteroatoms. The first-order valence-corrected chi connectivity index (χ1v) is 5.36. The highest BCUT2D eigenvalue weighted by Crippen LogP contribution is 2.14. The van der Waals surface area contributed by atoms with E-state index in [0.717, 1.165) is 18.7 Å². The summed E-state index contributed by atoms with van der Waals surface area (Å²) in [5, 5.41) is 8.85. The van der Waals surface area contributed by atoms with Crippen molar-refractivity contribution in [3.63, 3.8) is 0 Å². The van der Waals surface area contributed by atoms with Crippen molar-refractivity contribution in [3.05, 3.63) is 23.4 Å². The van der Waals surface area contributed by atoms with Gasteiger partial charge in [0.25, 0.3) is 0 Å². The molecule has 86 valence electrons. The molecule has 0 aliphatic heterocycles. The second-order valence-electron chi connectivity index (χ2n) is 3.38. The van der Waals surface area contributed by atoms with E-state index in [1.807, 2.05) is 13.0 Å². The zero-order chi connectivity index (χ0) is 11.8. The summed E-state index contributed by atoms with van der Waals surface area (Å²) in [5.41, 5.74) is 1.30. The van der Waals surface area contributed by atoms with Gasteiger partial charge in [0.2, 0.25) is 5.88 Å². The van der Waals surface area contributed by atoms with Crippen LogP contribution >= 0.6 is 0 Å². The Kier molecular flexibility index (Phi) is 5.30. The summed E-state index contributed by atoms with van der Waals surface area (Å²) in [4.78, 5) is 4.16. The first-order chi connectivity index (χ1) is 7.77. The highest BCUT2D eigenvalue weighted by molar-refractivity contribution is 5.38. The number of aromatic nitrogens is 1. The fraction of sp³-hybridized carbons (Fsp3) is 0.500. The first kappa shape index (κ1) is 12.5. The first-order valence-electron chi connectivity index (χ1n) is 5.36. The largest absolute Gasteiger partial charge is 0.474 e. The van der Waals surface area contributed by atoms with Crippen molar-refractivity contribution in [2.24, 2.45) is 0 Å². The molecule has 1 heterocycles. The van der Waals surface area contributed by atoms with Crippen LogP contribution in [0.1, 0.15) is 24.6 Å². The minimum absolute atomic E-state index is 0.391. The predicted molar refractivity (Wildman–Crippen MR) is 60.3 cm³/mol. The molecule has 0 bridgehead atoms. The quantitative estimate of drug-likeness (QED) is 0.689.